The number of carbonyl (C=O) groups is 1. The highest BCUT2D eigenvalue weighted by molar-refractivity contribution is 7.99. The van der Waals surface area contributed by atoms with Crippen LogP contribution >= 0.6 is 11.8 Å². The summed E-state index contributed by atoms with van der Waals surface area (Å²) in [6.07, 6.45) is -0.130. The molecule has 1 aromatic heterocycles. The van der Waals surface area contributed by atoms with E-state index in [1.165, 1.54) is 16.3 Å². The van der Waals surface area contributed by atoms with Crippen molar-refractivity contribution in [3.63, 3.8) is 0 Å². The summed E-state index contributed by atoms with van der Waals surface area (Å²) < 4.78 is 6.50. The lowest BCUT2D eigenvalue weighted by Gasteiger charge is -2.09. The second-order valence-electron chi connectivity index (χ2n) is 4.10. The van der Waals surface area contributed by atoms with E-state index in [2.05, 4.69) is 10.2 Å². The Morgan fingerprint density at radius 1 is 1.47 bits per heavy atom. The van der Waals surface area contributed by atoms with Gasteiger partial charge in [-0.3, -0.25) is 9.36 Å². The van der Waals surface area contributed by atoms with E-state index in [1.807, 2.05) is 13.8 Å². The number of hydrogen-bond donors (Lipinski definition) is 1. The molecule has 0 amide bonds. The Kier molecular flexibility index (Phi) is 4.80. The van der Waals surface area contributed by atoms with Crippen LogP contribution in [0, 0.1) is 0 Å². The molecule has 96 valence electrons. The minimum Gasteiger partial charge on any atom is -0.462 e. The van der Waals surface area contributed by atoms with Gasteiger partial charge in [0.2, 0.25) is 0 Å². The molecule has 0 aliphatic rings. The van der Waals surface area contributed by atoms with Crippen molar-refractivity contribution in [2.24, 2.45) is 0 Å². The van der Waals surface area contributed by atoms with Crippen molar-refractivity contribution < 1.29 is 9.53 Å². The minimum absolute atomic E-state index is 0.00451. The monoisotopic (exact) mass is 259 g/mol. The van der Waals surface area contributed by atoms with Crippen molar-refractivity contribution >= 4 is 17.7 Å². The fourth-order valence-electron chi connectivity index (χ4n) is 1.27. The zero-order chi connectivity index (χ0) is 13.0. The van der Waals surface area contributed by atoms with Gasteiger partial charge >= 0.3 is 11.7 Å². The maximum absolute atomic E-state index is 11.4. The van der Waals surface area contributed by atoms with Gasteiger partial charge in [-0.1, -0.05) is 11.8 Å². The van der Waals surface area contributed by atoms with Gasteiger partial charge in [0.05, 0.1) is 11.9 Å². The summed E-state index contributed by atoms with van der Waals surface area (Å²) in [6, 6.07) is 0.00451. The third-order valence-corrected chi connectivity index (χ3v) is 2.80. The Hall–Kier alpha value is -1.24. The van der Waals surface area contributed by atoms with Gasteiger partial charge in [0.1, 0.15) is 0 Å². The zero-order valence-corrected chi connectivity index (χ0v) is 11.2. The molecule has 17 heavy (non-hydrogen) atoms. The molecule has 7 heteroatoms. The number of aromatic nitrogens is 3. The predicted molar refractivity (Wildman–Crippen MR) is 65.2 cm³/mol. The first-order valence-electron chi connectivity index (χ1n) is 5.41. The summed E-state index contributed by atoms with van der Waals surface area (Å²) in [5.74, 6) is -0.161. The minimum atomic E-state index is -0.309. The van der Waals surface area contributed by atoms with Crippen molar-refractivity contribution in [1.29, 1.82) is 0 Å². The number of aromatic amines is 1. The molecule has 0 fully saturated rings. The molecule has 1 N–H and O–H groups in total. The van der Waals surface area contributed by atoms with Crippen molar-refractivity contribution in [3.05, 3.63) is 10.5 Å². The molecule has 1 aromatic rings. The number of esters is 1. The highest BCUT2D eigenvalue weighted by atomic mass is 32.2. The van der Waals surface area contributed by atoms with Crippen LogP contribution < -0.4 is 5.69 Å². The van der Waals surface area contributed by atoms with E-state index in [-0.39, 0.29) is 29.6 Å². The number of thioether (sulfide) groups is 1. The second kappa shape index (κ2) is 5.90. The molecule has 0 atom stereocenters. The van der Waals surface area contributed by atoms with Gasteiger partial charge in [-0.15, -0.1) is 5.10 Å². The molecule has 0 aliphatic heterocycles. The standard InChI is InChI=1S/C10H17N3O3S/c1-6(2)13-9(15)11-12-10(13)17-5-8(14)16-7(3)4/h6-7H,5H2,1-4H3,(H,11,15). The van der Waals surface area contributed by atoms with E-state index in [0.717, 1.165) is 0 Å². The number of H-pyrrole nitrogens is 1. The summed E-state index contributed by atoms with van der Waals surface area (Å²) in [6.45, 7) is 7.35. The van der Waals surface area contributed by atoms with E-state index in [9.17, 15) is 9.59 Å². The van der Waals surface area contributed by atoms with E-state index < -0.39 is 0 Å². The summed E-state index contributed by atoms with van der Waals surface area (Å²) in [7, 11) is 0. The smallest absolute Gasteiger partial charge is 0.344 e. The van der Waals surface area contributed by atoms with Crippen molar-refractivity contribution in [1.82, 2.24) is 14.8 Å². The molecular formula is C10H17N3O3S. The maximum Gasteiger partial charge on any atom is 0.344 e. The third-order valence-electron chi connectivity index (χ3n) is 1.87. The fourth-order valence-corrected chi connectivity index (χ4v) is 2.13. The number of rotatable bonds is 5. The maximum atomic E-state index is 11.4. The van der Waals surface area contributed by atoms with Crippen LogP contribution in [0.2, 0.25) is 0 Å². The van der Waals surface area contributed by atoms with Crippen LogP contribution in [-0.4, -0.2) is 32.6 Å². The summed E-state index contributed by atoms with van der Waals surface area (Å²) in [5.41, 5.74) is -0.264. The molecular weight excluding hydrogens is 242 g/mol. The number of nitrogens with one attached hydrogen (secondary N) is 1. The Bertz CT molecular complexity index is 436. The van der Waals surface area contributed by atoms with Crippen molar-refractivity contribution in [2.75, 3.05) is 5.75 Å². The Balaban J connectivity index is 2.64. The SMILES string of the molecule is CC(C)OC(=O)CSc1n[nH]c(=O)n1C(C)C. The van der Waals surface area contributed by atoms with Gasteiger partial charge in [0.25, 0.3) is 0 Å². The van der Waals surface area contributed by atoms with Crippen LogP contribution in [0.4, 0.5) is 0 Å². The molecule has 1 heterocycles. The lowest BCUT2D eigenvalue weighted by Crippen LogP contribution is -2.20. The lowest BCUT2D eigenvalue weighted by molar-refractivity contribution is -0.144. The summed E-state index contributed by atoms with van der Waals surface area (Å²) in [5, 5.41) is 6.74. The topological polar surface area (TPSA) is 77.0 Å². The van der Waals surface area contributed by atoms with Crippen LogP contribution in [-0.2, 0) is 9.53 Å². The fraction of sp³-hybridized carbons (Fsp3) is 0.700. The number of nitrogens with zero attached hydrogens (tertiary/aromatic N) is 2. The summed E-state index contributed by atoms with van der Waals surface area (Å²) >= 11 is 1.19. The second-order valence-corrected chi connectivity index (χ2v) is 5.04. The van der Waals surface area contributed by atoms with Gasteiger partial charge in [-0.2, -0.15) is 0 Å². The number of hydrogen-bond acceptors (Lipinski definition) is 5. The molecule has 0 unspecified atom stereocenters. The van der Waals surface area contributed by atoms with Gasteiger partial charge < -0.3 is 4.74 Å². The van der Waals surface area contributed by atoms with E-state index in [1.54, 1.807) is 13.8 Å². The highest BCUT2D eigenvalue weighted by Gasteiger charge is 2.14. The van der Waals surface area contributed by atoms with Crippen molar-refractivity contribution in [3.8, 4) is 0 Å². The highest BCUT2D eigenvalue weighted by Crippen LogP contribution is 2.16. The van der Waals surface area contributed by atoms with Crippen LogP contribution in [0.1, 0.15) is 33.7 Å². The van der Waals surface area contributed by atoms with Crippen LogP contribution in [0.5, 0.6) is 0 Å². The number of ether oxygens (including phenoxy) is 1. The van der Waals surface area contributed by atoms with Gasteiger partial charge in [0, 0.05) is 6.04 Å². The zero-order valence-electron chi connectivity index (χ0n) is 10.4. The Morgan fingerprint density at radius 3 is 2.65 bits per heavy atom. The summed E-state index contributed by atoms with van der Waals surface area (Å²) in [4.78, 5) is 22.8. The average molecular weight is 259 g/mol. The van der Waals surface area contributed by atoms with E-state index >= 15 is 0 Å². The number of carbonyl (C=O) groups excluding carboxylic acids is 1. The largest absolute Gasteiger partial charge is 0.462 e. The predicted octanol–water partition coefficient (Wildman–Crippen LogP) is 1.20. The average Bonchev–Trinajstić information content (AvgIpc) is 2.55. The molecule has 6 nitrogen and oxygen atoms in total. The first kappa shape index (κ1) is 13.8. The lowest BCUT2D eigenvalue weighted by atomic mass is 10.4. The quantitative estimate of drug-likeness (QED) is 0.635. The van der Waals surface area contributed by atoms with Gasteiger partial charge in [-0.05, 0) is 27.7 Å². The van der Waals surface area contributed by atoms with Crippen LogP contribution in [0.25, 0.3) is 0 Å². The van der Waals surface area contributed by atoms with E-state index in [0.29, 0.717) is 5.16 Å². The molecule has 0 saturated heterocycles. The van der Waals surface area contributed by atoms with Gasteiger partial charge in [-0.25, -0.2) is 9.89 Å². The van der Waals surface area contributed by atoms with Crippen molar-refractivity contribution in [2.45, 2.75) is 45.0 Å². The molecule has 1 rings (SSSR count). The molecule has 0 saturated carbocycles. The normalized spacial score (nSPS) is 11.2. The van der Waals surface area contributed by atoms with Gasteiger partial charge in [0.15, 0.2) is 5.16 Å². The molecule has 0 aromatic carbocycles. The molecule has 0 bridgehead atoms. The molecule has 0 spiro atoms. The van der Waals surface area contributed by atoms with E-state index in [4.69, 9.17) is 4.74 Å². The first-order valence-corrected chi connectivity index (χ1v) is 6.39. The van der Waals surface area contributed by atoms with Crippen LogP contribution in [0.15, 0.2) is 9.95 Å². The molecule has 0 aliphatic carbocycles. The Morgan fingerprint density at radius 2 is 2.12 bits per heavy atom. The molecule has 0 radical (unpaired) electrons. The van der Waals surface area contributed by atoms with Crippen LogP contribution in [0.3, 0.4) is 0 Å². The first-order chi connectivity index (χ1) is 7.91. The Labute approximate surface area is 104 Å². The third kappa shape index (κ3) is 3.92.